The Bertz CT molecular complexity index is 364. The van der Waals surface area contributed by atoms with Gasteiger partial charge in [-0.3, -0.25) is 4.52 Å². The summed E-state index contributed by atoms with van der Waals surface area (Å²) in [6.45, 7) is -2.17. The van der Waals surface area contributed by atoms with Crippen molar-refractivity contribution in [3.05, 3.63) is 0 Å². The number of rotatable bonds is 10. The van der Waals surface area contributed by atoms with Crippen LogP contribution in [0, 0.1) is 0 Å². The fraction of sp³-hybridized carbons (Fsp3) is 0.900. The van der Waals surface area contributed by atoms with Crippen molar-refractivity contribution in [1.82, 2.24) is 0 Å². The average Bonchev–Trinajstić information content (AvgIpc) is 2.55. The van der Waals surface area contributed by atoms with Crippen molar-refractivity contribution in [2.24, 2.45) is 0 Å². The van der Waals surface area contributed by atoms with Gasteiger partial charge in [0, 0.05) is 0 Å². The molecule has 14 heteroatoms. The highest BCUT2D eigenvalue weighted by Gasteiger charge is 2.27. The Hall–Kier alpha value is -0.540. The van der Waals surface area contributed by atoms with Crippen molar-refractivity contribution < 1.29 is 64.5 Å². The first kappa shape index (κ1) is 25.7. The largest absolute Gasteiger partial charge is 0.469 e. The van der Waals surface area contributed by atoms with Crippen LogP contribution in [0.1, 0.15) is 0 Å². The molecule has 10 N–H and O–H groups in total. The van der Waals surface area contributed by atoms with E-state index >= 15 is 0 Å². The van der Waals surface area contributed by atoms with Crippen LogP contribution in [0.25, 0.3) is 0 Å². The summed E-state index contributed by atoms with van der Waals surface area (Å²) in [5.74, 6) is 0. The summed E-state index contributed by atoms with van der Waals surface area (Å²) in [4.78, 5) is 26.4. The number of hydrogen-bond donors (Lipinski definition) is 10. The highest BCUT2D eigenvalue weighted by Crippen LogP contribution is 2.35. The summed E-state index contributed by atoms with van der Waals surface area (Å²) in [5.41, 5.74) is 0. The first-order valence-electron chi connectivity index (χ1n) is 6.36. The number of carbonyl (C=O) groups excluding carboxylic acids is 1. The normalized spacial score (nSPS) is 19.2. The second-order valence-corrected chi connectivity index (χ2v) is 5.70. The molecule has 0 amide bonds. The molecule has 6 atom stereocenters. The second-order valence-electron chi connectivity index (χ2n) is 4.46. The van der Waals surface area contributed by atoms with Gasteiger partial charge in [-0.15, -0.1) is 0 Å². The summed E-state index contributed by atoms with van der Waals surface area (Å²) in [5, 5.41) is 69.1. The second kappa shape index (κ2) is 12.8. The summed E-state index contributed by atoms with van der Waals surface area (Å²) in [6.07, 6.45) is -9.75. The molecule has 0 bridgehead atoms. The minimum atomic E-state index is -4.74. The first-order valence-corrected chi connectivity index (χ1v) is 7.89. The predicted molar refractivity (Wildman–Crippen MR) is 74.3 cm³/mol. The van der Waals surface area contributed by atoms with Gasteiger partial charge in [-0.1, -0.05) is 0 Å². The number of aldehydes is 1. The number of hydrogen-bond acceptors (Lipinski definition) is 11. The molecule has 0 aromatic rings. The smallest absolute Gasteiger partial charge is 0.394 e. The predicted octanol–water partition coefficient (Wildman–Crippen LogP) is -5.57. The van der Waals surface area contributed by atoms with Gasteiger partial charge in [0.2, 0.25) is 0 Å². The van der Waals surface area contributed by atoms with Gasteiger partial charge in [0.1, 0.15) is 36.6 Å². The van der Waals surface area contributed by atoms with E-state index in [4.69, 9.17) is 50.6 Å². The summed E-state index contributed by atoms with van der Waals surface area (Å²) in [6, 6.07) is 0. The van der Waals surface area contributed by atoms with E-state index in [9.17, 15) is 9.36 Å². The molecule has 0 aliphatic heterocycles. The number of phosphoric ester groups is 1. The summed E-state index contributed by atoms with van der Waals surface area (Å²) < 4.78 is 14.0. The molecule has 0 aromatic carbocycles. The van der Waals surface area contributed by atoms with Gasteiger partial charge in [-0.25, -0.2) is 4.57 Å². The van der Waals surface area contributed by atoms with Gasteiger partial charge < -0.3 is 55.4 Å². The fourth-order valence-electron chi connectivity index (χ4n) is 1.05. The Morgan fingerprint density at radius 3 is 1.54 bits per heavy atom. The van der Waals surface area contributed by atoms with Crippen LogP contribution >= 0.6 is 7.82 Å². The first-order chi connectivity index (χ1) is 10.9. The van der Waals surface area contributed by atoms with Gasteiger partial charge in [0.05, 0.1) is 19.8 Å². The Balaban J connectivity index is 0. The number of aliphatic hydroxyl groups is 8. The quantitative estimate of drug-likeness (QED) is 0.125. The van der Waals surface area contributed by atoms with E-state index < -0.39 is 64.3 Å². The number of aliphatic hydroxyl groups excluding tert-OH is 8. The lowest BCUT2D eigenvalue weighted by Gasteiger charge is -2.19. The molecule has 0 spiro atoms. The molecule has 1 unspecified atom stereocenters. The zero-order chi connectivity index (χ0) is 19.5. The number of carbonyl (C=O) groups is 1. The molecule has 0 rings (SSSR count). The van der Waals surface area contributed by atoms with Gasteiger partial charge in [0.25, 0.3) is 0 Å². The van der Waals surface area contributed by atoms with Crippen LogP contribution in [0.15, 0.2) is 0 Å². The fourth-order valence-corrected chi connectivity index (χ4v) is 1.40. The lowest BCUT2D eigenvalue weighted by molar-refractivity contribution is -0.127. The SMILES string of the molecule is O=C[C@H](O)[C@H](O)[C@H](O)COP(=O)(O)O.OC[C@@H](O)C(O)[C@@H](O)CO. The molecule has 13 nitrogen and oxygen atoms in total. The Morgan fingerprint density at radius 1 is 0.833 bits per heavy atom. The molecule has 0 aliphatic rings. The van der Waals surface area contributed by atoms with E-state index in [1.54, 1.807) is 0 Å². The van der Waals surface area contributed by atoms with Gasteiger partial charge in [-0.2, -0.15) is 0 Å². The van der Waals surface area contributed by atoms with E-state index in [1.807, 2.05) is 0 Å². The van der Waals surface area contributed by atoms with Crippen LogP contribution in [-0.4, -0.2) is 113 Å². The molecule has 0 fully saturated rings. The van der Waals surface area contributed by atoms with Gasteiger partial charge in [0.15, 0.2) is 6.29 Å². The van der Waals surface area contributed by atoms with Crippen LogP contribution in [0.3, 0.4) is 0 Å². The van der Waals surface area contributed by atoms with Crippen LogP contribution in [0.4, 0.5) is 0 Å². The molecule has 0 aromatic heterocycles. The van der Waals surface area contributed by atoms with Crippen molar-refractivity contribution in [1.29, 1.82) is 0 Å². The monoisotopic (exact) mass is 382 g/mol. The minimum absolute atomic E-state index is 0.0225. The van der Waals surface area contributed by atoms with E-state index in [0.29, 0.717) is 0 Å². The van der Waals surface area contributed by atoms with Crippen molar-refractivity contribution >= 4 is 14.1 Å². The molecule has 0 saturated heterocycles. The van der Waals surface area contributed by atoms with Crippen molar-refractivity contribution in [3.8, 4) is 0 Å². The highest BCUT2D eigenvalue weighted by atomic mass is 31.2. The molecular weight excluding hydrogens is 359 g/mol. The Labute approximate surface area is 136 Å². The van der Waals surface area contributed by atoms with E-state index in [2.05, 4.69) is 4.52 Å². The molecule has 0 aliphatic carbocycles. The molecule has 24 heavy (non-hydrogen) atoms. The number of phosphoric acid groups is 1. The third kappa shape index (κ3) is 11.9. The van der Waals surface area contributed by atoms with Crippen LogP contribution in [0.2, 0.25) is 0 Å². The molecule has 146 valence electrons. The maximum Gasteiger partial charge on any atom is 0.469 e. The lowest BCUT2D eigenvalue weighted by atomic mass is 10.1. The lowest BCUT2D eigenvalue weighted by Crippen LogP contribution is -2.41. The average molecular weight is 382 g/mol. The maximum atomic E-state index is 10.1. The molecule has 0 radical (unpaired) electrons. The highest BCUT2D eigenvalue weighted by molar-refractivity contribution is 7.46. The summed E-state index contributed by atoms with van der Waals surface area (Å²) in [7, 11) is -4.74. The van der Waals surface area contributed by atoms with E-state index in [1.165, 1.54) is 0 Å². The topological polar surface area (TPSA) is 246 Å². The van der Waals surface area contributed by atoms with Crippen molar-refractivity contribution in [2.75, 3.05) is 19.8 Å². The molecule has 0 saturated carbocycles. The minimum Gasteiger partial charge on any atom is -0.394 e. The van der Waals surface area contributed by atoms with Crippen molar-refractivity contribution in [3.63, 3.8) is 0 Å². The van der Waals surface area contributed by atoms with Crippen molar-refractivity contribution in [2.45, 2.75) is 36.6 Å². The maximum absolute atomic E-state index is 10.1. The third-order valence-electron chi connectivity index (χ3n) is 2.46. The molecular formula is C10H23O13P. The zero-order valence-corrected chi connectivity index (χ0v) is 13.2. The van der Waals surface area contributed by atoms with Crippen LogP contribution < -0.4 is 0 Å². The molecule has 0 heterocycles. The van der Waals surface area contributed by atoms with E-state index in [0.717, 1.165) is 0 Å². The standard InChI is InChI=1S/C5H11O8P.C5H12O5/c6-1-3(7)5(9)4(8)2-13-14(10,11)12;6-1-3(8)5(10)4(9)2-7/h1,3-5,7-9H,2H2,(H2,10,11,12);3-10H,1-2H2/t3-,4+,5-;3-,4+,5?/m0./s1. The van der Waals surface area contributed by atoms with Crippen LogP contribution in [0.5, 0.6) is 0 Å². The summed E-state index contributed by atoms with van der Waals surface area (Å²) >= 11 is 0. The zero-order valence-electron chi connectivity index (χ0n) is 12.3. The van der Waals surface area contributed by atoms with Crippen LogP contribution in [-0.2, 0) is 13.9 Å². The third-order valence-corrected chi connectivity index (χ3v) is 2.95. The Kier molecular flexibility index (Phi) is 13.7. The van der Waals surface area contributed by atoms with E-state index in [-0.39, 0.29) is 6.29 Å². The van der Waals surface area contributed by atoms with Gasteiger partial charge in [-0.05, 0) is 0 Å². The Morgan fingerprint density at radius 2 is 1.25 bits per heavy atom. The van der Waals surface area contributed by atoms with Gasteiger partial charge >= 0.3 is 7.82 Å².